The Kier molecular flexibility index (Phi) is 2.76. The third-order valence-electron chi connectivity index (χ3n) is 2.59. The number of aromatic amines is 1. The van der Waals surface area contributed by atoms with Crippen LogP contribution in [-0.4, -0.2) is 47.0 Å². The molecule has 0 amide bonds. The van der Waals surface area contributed by atoms with Crippen molar-refractivity contribution < 1.29 is 13.5 Å². The second-order valence-corrected chi connectivity index (χ2v) is 5.37. The van der Waals surface area contributed by atoms with Crippen molar-refractivity contribution in [3.8, 4) is 0 Å². The second-order valence-electron chi connectivity index (χ2n) is 3.51. The topological polar surface area (TPSA) is 86.3 Å². The van der Waals surface area contributed by atoms with Gasteiger partial charge in [-0.25, -0.2) is 13.4 Å². The van der Waals surface area contributed by atoms with Crippen LogP contribution in [0.5, 0.6) is 0 Å². The van der Waals surface area contributed by atoms with E-state index >= 15 is 0 Å². The minimum absolute atomic E-state index is 0.0860. The minimum Gasteiger partial charge on any atom is -0.395 e. The number of aromatic nitrogens is 2. The summed E-state index contributed by atoms with van der Waals surface area (Å²) < 4.78 is 25.4. The number of aliphatic hydroxyl groups is 1. The van der Waals surface area contributed by atoms with Gasteiger partial charge in [-0.1, -0.05) is 0 Å². The largest absolute Gasteiger partial charge is 0.395 e. The maximum Gasteiger partial charge on any atom is 0.260 e. The molecule has 1 aromatic heterocycles. The number of sulfonamides is 1. The van der Waals surface area contributed by atoms with Crippen LogP contribution in [0.15, 0.2) is 17.6 Å². The summed E-state index contributed by atoms with van der Waals surface area (Å²) in [5.41, 5.74) is 0. The van der Waals surface area contributed by atoms with Crippen LogP contribution in [0.25, 0.3) is 0 Å². The van der Waals surface area contributed by atoms with E-state index in [0.29, 0.717) is 13.0 Å². The molecule has 2 N–H and O–H groups in total. The van der Waals surface area contributed by atoms with Gasteiger partial charge in [0.05, 0.1) is 19.1 Å². The Hall–Kier alpha value is -0.920. The van der Waals surface area contributed by atoms with Crippen LogP contribution in [0.1, 0.15) is 12.8 Å². The average molecular weight is 231 g/mol. The maximum atomic E-state index is 12.0. The third-order valence-corrected chi connectivity index (χ3v) is 4.47. The van der Waals surface area contributed by atoms with Crippen LogP contribution in [0.3, 0.4) is 0 Å². The lowest BCUT2D eigenvalue weighted by Gasteiger charge is -2.21. The Balaban J connectivity index is 2.30. The molecule has 0 aromatic carbocycles. The molecule has 2 rings (SSSR count). The van der Waals surface area contributed by atoms with Crippen molar-refractivity contribution in [2.75, 3.05) is 13.2 Å². The lowest BCUT2D eigenvalue weighted by Crippen LogP contribution is -2.37. The molecule has 0 saturated carbocycles. The number of imidazole rings is 1. The zero-order valence-electron chi connectivity index (χ0n) is 8.13. The van der Waals surface area contributed by atoms with E-state index in [1.807, 2.05) is 0 Å². The number of H-pyrrole nitrogens is 1. The fraction of sp³-hybridized carbons (Fsp3) is 0.625. The number of rotatable bonds is 3. The highest BCUT2D eigenvalue weighted by Crippen LogP contribution is 2.24. The average Bonchev–Trinajstić information content (AvgIpc) is 2.89. The summed E-state index contributed by atoms with van der Waals surface area (Å²) in [6.45, 7) is 0.333. The molecule has 15 heavy (non-hydrogen) atoms. The van der Waals surface area contributed by atoms with Crippen molar-refractivity contribution in [3.05, 3.63) is 12.5 Å². The summed E-state index contributed by atoms with van der Waals surface area (Å²) in [5.74, 6) is 0. The van der Waals surface area contributed by atoms with Crippen molar-refractivity contribution in [2.24, 2.45) is 0 Å². The fourth-order valence-corrected chi connectivity index (χ4v) is 3.40. The number of hydrogen-bond acceptors (Lipinski definition) is 4. The first kappa shape index (κ1) is 10.6. The molecule has 1 atom stereocenters. The SMILES string of the molecule is O=S(=O)(c1cnc[nH]1)N1CCC[C@H]1CO. The molecule has 1 aliphatic rings. The monoisotopic (exact) mass is 231 g/mol. The van der Waals surface area contributed by atoms with Crippen molar-refractivity contribution in [2.45, 2.75) is 23.9 Å². The molecule has 1 saturated heterocycles. The fourth-order valence-electron chi connectivity index (χ4n) is 1.82. The molecular weight excluding hydrogens is 218 g/mol. The van der Waals surface area contributed by atoms with E-state index in [2.05, 4.69) is 9.97 Å². The van der Waals surface area contributed by atoms with Gasteiger partial charge in [0.1, 0.15) is 0 Å². The molecule has 6 nitrogen and oxygen atoms in total. The molecule has 0 unspecified atom stereocenters. The van der Waals surface area contributed by atoms with Gasteiger partial charge in [-0.05, 0) is 12.8 Å². The quantitative estimate of drug-likeness (QED) is 0.738. The first-order valence-electron chi connectivity index (χ1n) is 4.77. The number of nitrogens with zero attached hydrogens (tertiary/aromatic N) is 2. The normalized spacial score (nSPS) is 23.4. The molecule has 0 bridgehead atoms. The van der Waals surface area contributed by atoms with Gasteiger partial charge in [0, 0.05) is 12.6 Å². The highest BCUT2D eigenvalue weighted by Gasteiger charge is 2.35. The van der Waals surface area contributed by atoms with E-state index in [9.17, 15) is 8.42 Å². The zero-order valence-corrected chi connectivity index (χ0v) is 8.94. The molecule has 1 fully saturated rings. The van der Waals surface area contributed by atoms with E-state index in [1.165, 1.54) is 16.8 Å². The van der Waals surface area contributed by atoms with Gasteiger partial charge >= 0.3 is 0 Å². The van der Waals surface area contributed by atoms with Crippen molar-refractivity contribution >= 4 is 10.0 Å². The van der Waals surface area contributed by atoms with E-state index in [4.69, 9.17) is 5.11 Å². The van der Waals surface area contributed by atoms with E-state index < -0.39 is 10.0 Å². The Morgan fingerprint density at radius 3 is 3.07 bits per heavy atom. The lowest BCUT2D eigenvalue weighted by molar-refractivity contribution is 0.213. The predicted octanol–water partition coefficient (Wildman–Crippen LogP) is -0.445. The molecule has 7 heteroatoms. The summed E-state index contributed by atoms with van der Waals surface area (Å²) in [6.07, 6.45) is 4.11. The van der Waals surface area contributed by atoms with Crippen LogP contribution >= 0.6 is 0 Å². The van der Waals surface area contributed by atoms with Crippen molar-refractivity contribution in [1.82, 2.24) is 14.3 Å². The zero-order chi connectivity index (χ0) is 10.9. The van der Waals surface area contributed by atoms with Gasteiger partial charge in [0.15, 0.2) is 5.03 Å². The highest BCUT2D eigenvalue weighted by atomic mass is 32.2. The van der Waals surface area contributed by atoms with Crippen molar-refractivity contribution in [3.63, 3.8) is 0 Å². The second kappa shape index (κ2) is 3.92. The van der Waals surface area contributed by atoms with Crippen LogP contribution in [0.4, 0.5) is 0 Å². The number of hydrogen-bond donors (Lipinski definition) is 2. The number of aliphatic hydroxyl groups excluding tert-OH is 1. The Morgan fingerprint density at radius 2 is 2.47 bits per heavy atom. The molecular formula is C8H13N3O3S. The molecule has 0 aliphatic carbocycles. The first-order valence-corrected chi connectivity index (χ1v) is 6.21. The van der Waals surface area contributed by atoms with E-state index in [0.717, 1.165) is 6.42 Å². The summed E-state index contributed by atoms with van der Waals surface area (Å²) in [6, 6.07) is -0.293. The van der Waals surface area contributed by atoms with Crippen molar-refractivity contribution in [1.29, 1.82) is 0 Å². The molecule has 1 aliphatic heterocycles. The van der Waals surface area contributed by atoms with Crippen LogP contribution in [0, 0.1) is 0 Å². The maximum absolute atomic E-state index is 12.0. The van der Waals surface area contributed by atoms with Crippen LogP contribution in [-0.2, 0) is 10.0 Å². The summed E-state index contributed by atoms with van der Waals surface area (Å²) in [4.78, 5) is 6.26. The Morgan fingerprint density at radius 1 is 1.67 bits per heavy atom. The van der Waals surface area contributed by atoms with Gasteiger partial charge in [-0.3, -0.25) is 0 Å². The highest BCUT2D eigenvalue weighted by molar-refractivity contribution is 7.89. The summed E-state index contributed by atoms with van der Waals surface area (Å²) in [7, 11) is -3.50. The third kappa shape index (κ3) is 1.77. The molecule has 1 aromatic rings. The standard InChI is InChI=1S/C8H13N3O3S/c12-5-7-2-1-3-11(7)15(13,14)8-4-9-6-10-8/h4,6-7,12H,1-3,5H2,(H,9,10)/t7-/m0/s1. The molecule has 84 valence electrons. The van der Waals surface area contributed by atoms with Crippen LogP contribution in [0.2, 0.25) is 0 Å². The predicted molar refractivity (Wildman–Crippen MR) is 52.6 cm³/mol. The summed E-state index contributed by atoms with van der Waals surface area (Å²) in [5, 5.41) is 9.15. The first-order chi connectivity index (χ1) is 7.16. The van der Waals surface area contributed by atoms with Gasteiger partial charge in [0.25, 0.3) is 10.0 Å². The van der Waals surface area contributed by atoms with Gasteiger partial charge in [-0.15, -0.1) is 0 Å². The van der Waals surface area contributed by atoms with E-state index in [-0.39, 0.29) is 17.7 Å². The summed E-state index contributed by atoms with van der Waals surface area (Å²) >= 11 is 0. The van der Waals surface area contributed by atoms with Gasteiger partial charge in [-0.2, -0.15) is 4.31 Å². The van der Waals surface area contributed by atoms with E-state index in [1.54, 1.807) is 0 Å². The Labute approximate surface area is 88.0 Å². The minimum atomic E-state index is -3.50. The number of nitrogens with one attached hydrogen (secondary N) is 1. The van der Waals surface area contributed by atoms with Gasteiger partial charge < -0.3 is 10.1 Å². The molecule has 2 heterocycles. The lowest BCUT2D eigenvalue weighted by atomic mass is 10.2. The molecule has 0 radical (unpaired) electrons. The Bertz CT molecular complexity index is 414. The van der Waals surface area contributed by atoms with Crippen LogP contribution < -0.4 is 0 Å². The molecule has 0 spiro atoms. The van der Waals surface area contributed by atoms with Gasteiger partial charge in [0.2, 0.25) is 0 Å². The smallest absolute Gasteiger partial charge is 0.260 e.